The molecule has 1 aliphatic heterocycles. The van der Waals surface area contributed by atoms with Crippen molar-refractivity contribution < 1.29 is 5.11 Å². The average Bonchev–Trinajstić information content (AvgIpc) is 3.27. The number of para-hydroxylation sites is 1. The lowest BCUT2D eigenvalue weighted by atomic mass is 10.1. The van der Waals surface area contributed by atoms with Gasteiger partial charge in [-0.1, -0.05) is 18.2 Å². The fraction of sp³-hybridized carbons (Fsp3) is 0.318. The van der Waals surface area contributed by atoms with E-state index in [1.54, 1.807) is 6.33 Å². The molecule has 4 aromatic rings. The van der Waals surface area contributed by atoms with Gasteiger partial charge >= 0.3 is 0 Å². The SMILES string of the molecule is Cc1cccc(C)c1Nc1nc2ccc(N3CCN[C@H](CO)C3)nc2n2cncc12. The van der Waals surface area contributed by atoms with Gasteiger partial charge in [0.2, 0.25) is 0 Å². The summed E-state index contributed by atoms with van der Waals surface area (Å²) in [6.45, 7) is 6.69. The van der Waals surface area contributed by atoms with Crippen molar-refractivity contribution in [1.82, 2.24) is 24.7 Å². The normalized spacial score (nSPS) is 17.0. The van der Waals surface area contributed by atoms with Crippen LogP contribution in [0.4, 0.5) is 17.3 Å². The van der Waals surface area contributed by atoms with Crippen molar-refractivity contribution in [2.75, 3.05) is 36.5 Å². The van der Waals surface area contributed by atoms with E-state index in [2.05, 4.69) is 52.6 Å². The highest BCUT2D eigenvalue weighted by molar-refractivity contribution is 5.85. The Morgan fingerprint density at radius 1 is 1.17 bits per heavy atom. The number of hydrogen-bond acceptors (Lipinski definition) is 7. The largest absolute Gasteiger partial charge is 0.395 e. The smallest absolute Gasteiger partial charge is 0.166 e. The van der Waals surface area contributed by atoms with Gasteiger partial charge in [-0.3, -0.25) is 4.40 Å². The molecule has 3 aromatic heterocycles. The second-order valence-electron chi connectivity index (χ2n) is 7.79. The third kappa shape index (κ3) is 3.24. The number of imidazole rings is 1. The number of nitrogens with one attached hydrogen (secondary N) is 2. The van der Waals surface area contributed by atoms with Crippen molar-refractivity contribution in [3.63, 3.8) is 0 Å². The van der Waals surface area contributed by atoms with E-state index in [0.717, 1.165) is 53.6 Å². The van der Waals surface area contributed by atoms with Gasteiger partial charge in [0.15, 0.2) is 11.5 Å². The summed E-state index contributed by atoms with van der Waals surface area (Å²) in [5, 5.41) is 16.3. The standard InChI is InChI=1S/C22H25N7O/c1-14-4-3-5-15(2)20(14)27-21-18-10-23-13-29(18)22-17(25-21)6-7-19(26-22)28-9-8-24-16(11-28)12-30/h3-7,10,13,16,24,30H,8-9,11-12H2,1-2H3,(H,25,27)/t16-/m0/s1. The van der Waals surface area contributed by atoms with Crippen molar-refractivity contribution in [1.29, 1.82) is 0 Å². The minimum atomic E-state index is 0.0616. The quantitative estimate of drug-likeness (QED) is 0.482. The molecule has 30 heavy (non-hydrogen) atoms. The van der Waals surface area contributed by atoms with Crippen LogP contribution < -0.4 is 15.5 Å². The van der Waals surface area contributed by atoms with Gasteiger partial charge in [0, 0.05) is 31.4 Å². The van der Waals surface area contributed by atoms with Crippen LogP contribution in [0.1, 0.15) is 11.1 Å². The fourth-order valence-corrected chi connectivity index (χ4v) is 4.07. The zero-order chi connectivity index (χ0) is 20.7. The van der Waals surface area contributed by atoms with E-state index in [1.165, 1.54) is 11.1 Å². The predicted molar refractivity (Wildman–Crippen MR) is 119 cm³/mol. The number of fused-ring (bicyclic) bond motifs is 3. The van der Waals surface area contributed by atoms with E-state index in [9.17, 15) is 5.11 Å². The zero-order valence-corrected chi connectivity index (χ0v) is 17.1. The molecular formula is C22H25N7O. The van der Waals surface area contributed by atoms with Crippen molar-refractivity contribution >= 4 is 34.0 Å². The Labute approximate surface area is 174 Å². The molecule has 1 aromatic carbocycles. The highest BCUT2D eigenvalue weighted by Crippen LogP contribution is 2.28. The molecule has 3 N–H and O–H groups in total. The lowest BCUT2D eigenvalue weighted by Crippen LogP contribution is -2.52. The minimum absolute atomic E-state index is 0.0616. The number of aryl methyl sites for hydroxylation is 2. The molecule has 154 valence electrons. The molecule has 1 atom stereocenters. The molecule has 8 nitrogen and oxygen atoms in total. The molecule has 0 unspecified atom stereocenters. The molecule has 1 aliphatic rings. The molecular weight excluding hydrogens is 378 g/mol. The molecule has 0 saturated carbocycles. The Morgan fingerprint density at radius 3 is 2.80 bits per heavy atom. The van der Waals surface area contributed by atoms with E-state index in [1.807, 2.05) is 22.7 Å². The van der Waals surface area contributed by atoms with Crippen LogP contribution in [0.25, 0.3) is 16.7 Å². The molecule has 8 heteroatoms. The van der Waals surface area contributed by atoms with Gasteiger partial charge in [0.05, 0.1) is 12.8 Å². The summed E-state index contributed by atoms with van der Waals surface area (Å²) in [6.07, 6.45) is 3.59. The maximum atomic E-state index is 9.49. The van der Waals surface area contributed by atoms with E-state index in [0.29, 0.717) is 0 Å². The number of pyridine rings is 1. The summed E-state index contributed by atoms with van der Waals surface area (Å²) in [4.78, 5) is 16.3. The van der Waals surface area contributed by atoms with Crippen LogP contribution in [0.2, 0.25) is 0 Å². The maximum absolute atomic E-state index is 9.49. The van der Waals surface area contributed by atoms with Gasteiger partial charge in [-0.15, -0.1) is 0 Å². The highest BCUT2D eigenvalue weighted by Gasteiger charge is 2.21. The summed E-state index contributed by atoms with van der Waals surface area (Å²) >= 11 is 0. The Balaban J connectivity index is 1.58. The van der Waals surface area contributed by atoms with Gasteiger partial charge in [-0.2, -0.15) is 0 Å². The number of rotatable bonds is 4. The summed E-state index contributed by atoms with van der Waals surface area (Å²) in [7, 11) is 0. The van der Waals surface area contributed by atoms with Gasteiger partial charge in [-0.25, -0.2) is 15.0 Å². The molecule has 5 rings (SSSR count). The van der Waals surface area contributed by atoms with Crippen LogP contribution in [0.3, 0.4) is 0 Å². The highest BCUT2D eigenvalue weighted by atomic mass is 16.3. The fourth-order valence-electron chi connectivity index (χ4n) is 4.07. The Morgan fingerprint density at radius 2 is 2.00 bits per heavy atom. The first-order chi connectivity index (χ1) is 14.6. The van der Waals surface area contributed by atoms with Crippen molar-refractivity contribution in [3.8, 4) is 0 Å². The van der Waals surface area contributed by atoms with Crippen LogP contribution >= 0.6 is 0 Å². The molecule has 0 aliphatic carbocycles. The molecule has 0 bridgehead atoms. The first-order valence-corrected chi connectivity index (χ1v) is 10.2. The average molecular weight is 403 g/mol. The molecule has 0 amide bonds. The number of piperazine rings is 1. The van der Waals surface area contributed by atoms with Gasteiger partial charge < -0.3 is 20.6 Å². The molecule has 0 spiro atoms. The van der Waals surface area contributed by atoms with Crippen LogP contribution in [-0.2, 0) is 0 Å². The zero-order valence-electron chi connectivity index (χ0n) is 17.1. The van der Waals surface area contributed by atoms with Crippen LogP contribution in [0.5, 0.6) is 0 Å². The van der Waals surface area contributed by atoms with Gasteiger partial charge in [0.1, 0.15) is 23.2 Å². The number of benzene rings is 1. The Kier molecular flexibility index (Phi) is 4.72. The van der Waals surface area contributed by atoms with Gasteiger partial charge in [-0.05, 0) is 37.1 Å². The van der Waals surface area contributed by atoms with Crippen LogP contribution in [0.15, 0.2) is 42.9 Å². The van der Waals surface area contributed by atoms with Gasteiger partial charge in [0.25, 0.3) is 0 Å². The molecule has 1 fully saturated rings. The van der Waals surface area contributed by atoms with Crippen LogP contribution in [0, 0.1) is 13.8 Å². The number of aliphatic hydroxyl groups excluding tert-OH is 1. The monoisotopic (exact) mass is 403 g/mol. The van der Waals surface area contributed by atoms with Crippen molar-refractivity contribution in [2.24, 2.45) is 0 Å². The molecule has 0 radical (unpaired) electrons. The number of hydrogen-bond donors (Lipinski definition) is 3. The second-order valence-corrected chi connectivity index (χ2v) is 7.79. The summed E-state index contributed by atoms with van der Waals surface area (Å²) in [5.74, 6) is 1.64. The lowest BCUT2D eigenvalue weighted by molar-refractivity contribution is 0.235. The summed E-state index contributed by atoms with van der Waals surface area (Å²) in [6, 6.07) is 10.3. The first-order valence-electron chi connectivity index (χ1n) is 10.2. The second kappa shape index (κ2) is 7.55. The third-order valence-electron chi connectivity index (χ3n) is 5.71. The predicted octanol–water partition coefficient (Wildman–Crippen LogP) is 2.41. The molecule has 1 saturated heterocycles. The Hall–Kier alpha value is -3.23. The van der Waals surface area contributed by atoms with Crippen molar-refractivity contribution in [3.05, 3.63) is 54.0 Å². The van der Waals surface area contributed by atoms with Crippen molar-refractivity contribution in [2.45, 2.75) is 19.9 Å². The topological polar surface area (TPSA) is 90.6 Å². The summed E-state index contributed by atoms with van der Waals surface area (Å²) in [5.41, 5.74) is 5.84. The van der Waals surface area contributed by atoms with E-state index in [4.69, 9.17) is 9.97 Å². The summed E-state index contributed by atoms with van der Waals surface area (Å²) < 4.78 is 1.98. The minimum Gasteiger partial charge on any atom is -0.395 e. The number of anilines is 3. The van der Waals surface area contributed by atoms with E-state index >= 15 is 0 Å². The molecule has 4 heterocycles. The number of aromatic nitrogens is 4. The van der Waals surface area contributed by atoms with E-state index < -0.39 is 0 Å². The Bertz CT molecular complexity index is 1200. The first kappa shape index (κ1) is 18.8. The van der Waals surface area contributed by atoms with E-state index in [-0.39, 0.29) is 12.6 Å². The maximum Gasteiger partial charge on any atom is 0.166 e. The number of nitrogens with zero attached hydrogens (tertiary/aromatic N) is 5. The van der Waals surface area contributed by atoms with Crippen LogP contribution in [-0.4, -0.2) is 56.7 Å². The number of aliphatic hydroxyl groups is 1. The third-order valence-corrected chi connectivity index (χ3v) is 5.71. The lowest BCUT2D eigenvalue weighted by Gasteiger charge is -2.33.